The third-order valence-corrected chi connectivity index (χ3v) is 6.28. The number of hydrogen-bond donors (Lipinski definition) is 3. The third-order valence-electron chi connectivity index (χ3n) is 4.37. The van der Waals surface area contributed by atoms with Crippen LogP contribution in [0, 0.1) is 6.92 Å². The van der Waals surface area contributed by atoms with Crippen LogP contribution >= 0.6 is 23.7 Å². The van der Waals surface area contributed by atoms with Crippen molar-refractivity contribution in [2.75, 3.05) is 7.05 Å². The molecule has 2 aromatic carbocycles. The molecular weight excluding hydrogens is 402 g/mol. The molecule has 0 aliphatic heterocycles. The summed E-state index contributed by atoms with van der Waals surface area (Å²) in [5, 5.41) is 8.09. The van der Waals surface area contributed by atoms with E-state index in [-0.39, 0.29) is 5.91 Å². The molecule has 4 rings (SSSR count). The molecule has 0 saturated carbocycles. The van der Waals surface area contributed by atoms with Gasteiger partial charge in [-0.05, 0) is 62.3 Å². The number of nitrogens with zero attached hydrogens (tertiary/aromatic N) is 2. The summed E-state index contributed by atoms with van der Waals surface area (Å²) < 4.78 is 4.85. The van der Waals surface area contributed by atoms with E-state index in [4.69, 9.17) is 0 Å². The Kier molecular flexibility index (Phi) is 7.03. The summed E-state index contributed by atoms with van der Waals surface area (Å²) in [6, 6.07) is 17.9. The number of aromatic nitrogens is 3. The number of carbonyl (C=O) groups is 1. The maximum absolute atomic E-state index is 12.6. The lowest BCUT2D eigenvalue weighted by atomic mass is 10.3. The zero-order chi connectivity index (χ0) is 20.8. The first-order valence-corrected chi connectivity index (χ1v) is 10.6. The zero-order valence-corrected chi connectivity index (χ0v) is 18.1. The smallest absolute Gasteiger partial charge is 0.278 e. The molecule has 150 valence electrons. The standard InChI is InChI=1S/C20H18N4OS2.CH5N/c1-13-19(26-16-8-9-17-14(10-16)12-21-22-17)11-18(24(13)2)20(25)23-27-15-6-4-3-5-7-15;1-2/h3-12H,1-2H3,(H,21,22)(H,23,25);2H2,1H3. The van der Waals surface area contributed by atoms with Crippen LogP contribution in [-0.2, 0) is 7.05 Å². The summed E-state index contributed by atoms with van der Waals surface area (Å²) in [5.41, 5.74) is 7.21. The van der Waals surface area contributed by atoms with Gasteiger partial charge in [0, 0.05) is 32.8 Å². The van der Waals surface area contributed by atoms with Gasteiger partial charge in [-0.25, -0.2) is 0 Å². The fourth-order valence-electron chi connectivity index (χ4n) is 2.75. The van der Waals surface area contributed by atoms with Crippen LogP contribution in [0.5, 0.6) is 0 Å². The van der Waals surface area contributed by atoms with Crippen molar-refractivity contribution in [1.29, 1.82) is 0 Å². The van der Waals surface area contributed by atoms with E-state index in [9.17, 15) is 4.79 Å². The van der Waals surface area contributed by atoms with Gasteiger partial charge in [0.05, 0.1) is 11.7 Å². The number of rotatable bonds is 5. The quantitative estimate of drug-likeness (QED) is 0.413. The SMILES string of the molecule is CN.Cc1c(Sc2ccc3[nH]ncc3c2)cc(C(=O)NSc2ccccc2)n1C. The molecule has 0 bridgehead atoms. The zero-order valence-electron chi connectivity index (χ0n) is 16.5. The number of fused-ring (bicyclic) bond motifs is 1. The topological polar surface area (TPSA) is 88.7 Å². The molecule has 29 heavy (non-hydrogen) atoms. The van der Waals surface area contributed by atoms with Crippen LogP contribution in [0.1, 0.15) is 16.2 Å². The third kappa shape index (κ3) is 4.84. The van der Waals surface area contributed by atoms with Gasteiger partial charge in [0.15, 0.2) is 0 Å². The Morgan fingerprint density at radius 1 is 1.10 bits per heavy atom. The molecule has 0 unspecified atom stereocenters. The van der Waals surface area contributed by atoms with Gasteiger partial charge in [-0.15, -0.1) is 0 Å². The van der Waals surface area contributed by atoms with E-state index in [1.165, 1.54) is 19.0 Å². The van der Waals surface area contributed by atoms with E-state index in [2.05, 4.69) is 32.8 Å². The number of hydrogen-bond acceptors (Lipinski definition) is 5. The van der Waals surface area contributed by atoms with Gasteiger partial charge in [-0.3, -0.25) is 14.6 Å². The van der Waals surface area contributed by atoms with Gasteiger partial charge >= 0.3 is 0 Å². The van der Waals surface area contributed by atoms with E-state index in [0.29, 0.717) is 5.69 Å². The monoisotopic (exact) mass is 425 g/mol. The first-order valence-electron chi connectivity index (χ1n) is 8.99. The Bertz CT molecular complexity index is 1100. The van der Waals surface area contributed by atoms with Crippen LogP contribution in [0.4, 0.5) is 0 Å². The second-order valence-electron chi connectivity index (χ2n) is 6.11. The Morgan fingerprint density at radius 2 is 1.86 bits per heavy atom. The fourth-order valence-corrected chi connectivity index (χ4v) is 4.39. The molecule has 4 N–H and O–H groups in total. The average Bonchev–Trinajstić information content (AvgIpc) is 3.34. The van der Waals surface area contributed by atoms with Crippen LogP contribution in [0.25, 0.3) is 10.9 Å². The van der Waals surface area contributed by atoms with E-state index in [1.807, 2.05) is 67.2 Å². The van der Waals surface area contributed by atoms with Gasteiger partial charge in [0.25, 0.3) is 5.91 Å². The van der Waals surface area contributed by atoms with Gasteiger partial charge in [-0.2, -0.15) is 5.10 Å². The summed E-state index contributed by atoms with van der Waals surface area (Å²) in [6.45, 7) is 2.03. The summed E-state index contributed by atoms with van der Waals surface area (Å²) in [5.74, 6) is -0.105. The summed E-state index contributed by atoms with van der Waals surface area (Å²) in [6.07, 6.45) is 1.82. The lowest BCUT2D eigenvalue weighted by molar-refractivity contribution is 0.0976. The molecule has 0 atom stereocenters. The van der Waals surface area contributed by atoms with Crippen molar-refractivity contribution in [1.82, 2.24) is 19.5 Å². The van der Waals surface area contributed by atoms with Crippen molar-refractivity contribution in [2.45, 2.75) is 21.6 Å². The Hall–Kier alpha value is -2.68. The predicted molar refractivity (Wildman–Crippen MR) is 120 cm³/mol. The number of H-pyrrole nitrogens is 1. The average molecular weight is 426 g/mol. The molecule has 0 spiro atoms. The molecule has 4 aromatic rings. The van der Waals surface area contributed by atoms with Crippen molar-refractivity contribution in [3.63, 3.8) is 0 Å². The minimum absolute atomic E-state index is 0.105. The van der Waals surface area contributed by atoms with Gasteiger partial charge in [-0.1, -0.05) is 30.0 Å². The van der Waals surface area contributed by atoms with Crippen molar-refractivity contribution in [3.8, 4) is 0 Å². The lowest BCUT2D eigenvalue weighted by Crippen LogP contribution is -2.19. The maximum Gasteiger partial charge on any atom is 0.278 e. The molecule has 0 aliphatic rings. The Labute approximate surface area is 178 Å². The van der Waals surface area contributed by atoms with Crippen LogP contribution < -0.4 is 10.5 Å². The van der Waals surface area contributed by atoms with E-state index in [0.717, 1.165) is 31.3 Å². The first kappa shape index (κ1) is 21.0. The predicted octanol–water partition coefficient (Wildman–Crippen LogP) is 4.37. The number of amides is 1. The molecule has 2 heterocycles. The minimum atomic E-state index is -0.105. The second kappa shape index (κ2) is 9.69. The molecule has 1 amide bonds. The van der Waals surface area contributed by atoms with Gasteiger partial charge < -0.3 is 10.3 Å². The molecule has 0 radical (unpaired) electrons. The van der Waals surface area contributed by atoms with E-state index >= 15 is 0 Å². The number of carbonyl (C=O) groups excluding carboxylic acids is 1. The summed E-state index contributed by atoms with van der Waals surface area (Å²) in [7, 11) is 3.42. The number of aromatic amines is 1. The van der Waals surface area contributed by atoms with Crippen LogP contribution in [0.2, 0.25) is 0 Å². The maximum atomic E-state index is 12.6. The molecule has 8 heteroatoms. The molecule has 0 aliphatic carbocycles. The normalized spacial score (nSPS) is 10.5. The van der Waals surface area contributed by atoms with Crippen molar-refractivity contribution in [3.05, 3.63) is 72.2 Å². The molecule has 6 nitrogen and oxygen atoms in total. The molecule has 0 fully saturated rings. The fraction of sp³-hybridized carbons (Fsp3) is 0.143. The van der Waals surface area contributed by atoms with Crippen LogP contribution in [-0.4, -0.2) is 27.7 Å². The minimum Gasteiger partial charge on any atom is -0.343 e. The number of nitrogens with two attached hydrogens (primary N) is 1. The van der Waals surface area contributed by atoms with Crippen molar-refractivity contribution >= 4 is 40.5 Å². The van der Waals surface area contributed by atoms with Crippen molar-refractivity contribution < 1.29 is 4.79 Å². The number of benzene rings is 2. The molecule has 0 saturated heterocycles. The highest BCUT2D eigenvalue weighted by Gasteiger charge is 2.16. The highest BCUT2D eigenvalue weighted by molar-refractivity contribution is 7.99. The van der Waals surface area contributed by atoms with Crippen LogP contribution in [0.3, 0.4) is 0 Å². The second-order valence-corrected chi connectivity index (χ2v) is 8.10. The van der Waals surface area contributed by atoms with Crippen LogP contribution in [0.15, 0.2) is 75.5 Å². The van der Waals surface area contributed by atoms with E-state index < -0.39 is 0 Å². The van der Waals surface area contributed by atoms with Gasteiger partial charge in [0.1, 0.15) is 5.69 Å². The van der Waals surface area contributed by atoms with Crippen molar-refractivity contribution in [2.24, 2.45) is 12.8 Å². The highest BCUT2D eigenvalue weighted by Crippen LogP contribution is 2.33. The van der Waals surface area contributed by atoms with Gasteiger partial charge in [0.2, 0.25) is 0 Å². The summed E-state index contributed by atoms with van der Waals surface area (Å²) in [4.78, 5) is 15.8. The molecular formula is C21H23N5OS2. The largest absolute Gasteiger partial charge is 0.343 e. The molecule has 2 aromatic heterocycles. The Balaban J connectivity index is 0.00000117. The highest BCUT2D eigenvalue weighted by atomic mass is 32.2. The number of nitrogens with one attached hydrogen (secondary N) is 2. The summed E-state index contributed by atoms with van der Waals surface area (Å²) >= 11 is 2.97. The lowest BCUT2D eigenvalue weighted by Gasteiger charge is -2.06. The first-order chi connectivity index (χ1) is 14.1. The Morgan fingerprint density at radius 3 is 2.62 bits per heavy atom. The van der Waals surface area contributed by atoms with E-state index in [1.54, 1.807) is 11.8 Å².